The lowest BCUT2D eigenvalue weighted by molar-refractivity contribution is -0.131. The molecule has 2 N–H and O–H groups in total. The van der Waals surface area contributed by atoms with Gasteiger partial charge in [0.2, 0.25) is 5.91 Å². The minimum atomic E-state index is -0.454. The van der Waals surface area contributed by atoms with Crippen LogP contribution >= 0.6 is 12.4 Å². The Bertz CT molecular complexity index is 564. The van der Waals surface area contributed by atoms with Crippen LogP contribution in [0.1, 0.15) is 12.5 Å². The highest BCUT2D eigenvalue weighted by Crippen LogP contribution is 2.19. The molecule has 0 aliphatic heterocycles. The molecule has 1 atom stereocenters. The number of nitrogens with two attached hydrogens (primary N) is 1. The molecule has 0 unspecified atom stereocenters. The van der Waals surface area contributed by atoms with Crippen molar-refractivity contribution < 1.29 is 4.79 Å². The van der Waals surface area contributed by atoms with E-state index >= 15 is 0 Å². The minimum Gasteiger partial charge on any atom is -0.340 e. The number of benzene rings is 2. The smallest absolute Gasteiger partial charge is 0.239 e. The number of hydrogen-bond donors (Lipinski definition) is 1. The summed E-state index contributed by atoms with van der Waals surface area (Å²) in [5, 5.41) is 2.38. The Morgan fingerprint density at radius 2 is 1.84 bits per heavy atom. The summed E-state index contributed by atoms with van der Waals surface area (Å²) in [7, 11) is 1.79. The van der Waals surface area contributed by atoms with E-state index in [9.17, 15) is 4.79 Å². The van der Waals surface area contributed by atoms with Crippen LogP contribution in [0.15, 0.2) is 42.5 Å². The Kier molecular flexibility index (Phi) is 5.33. The Morgan fingerprint density at radius 1 is 1.21 bits per heavy atom. The Labute approximate surface area is 119 Å². The van der Waals surface area contributed by atoms with Crippen molar-refractivity contribution in [2.75, 3.05) is 7.05 Å². The van der Waals surface area contributed by atoms with Crippen LogP contribution in [0, 0.1) is 0 Å². The number of amides is 1. The molecule has 0 fully saturated rings. The van der Waals surface area contributed by atoms with Crippen LogP contribution in [0.4, 0.5) is 0 Å². The summed E-state index contributed by atoms with van der Waals surface area (Å²) in [4.78, 5) is 13.5. The van der Waals surface area contributed by atoms with Gasteiger partial charge in [0.05, 0.1) is 6.04 Å². The number of nitrogens with zero attached hydrogens (tertiary/aromatic N) is 1. The molecule has 0 radical (unpaired) electrons. The second-order valence-corrected chi connectivity index (χ2v) is 4.62. The molecule has 1 amide bonds. The van der Waals surface area contributed by atoms with E-state index in [0.29, 0.717) is 6.54 Å². The highest BCUT2D eigenvalue weighted by atomic mass is 35.5. The van der Waals surface area contributed by atoms with Crippen molar-refractivity contribution in [1.82, 2.24) is 4.90 Å². The van der Waals surface area contributed by atoms with Gasteiger partial charge in [0.25, 0.3) is 0 Å². The van der Waals surface area contributed by atoms with Gasteiger partial charge in [-0.1, -0.05) is 42.5 Å². The molecule has 0 spiro atoms. The average Bonchev–Trinajstić information content (AvgIpc) is 2.38. The van der Waals surface area contributed by atoms with E-state index in [1.807, 2.05) is 24.3 Å². The predicted molar refractivity (Wildman–Crippen MR) is 81.3 cm³/mol. The fourth-order valence-corrected chi connectivity index (χ4v) is 2.11. The number of halogens is 1. The van der Waals surface area contributed by atoms with Gasteiger partial charge < -0.3 is 10.6 Å². The van der Waals surface area contributed by atoms with Gasteiger partial charge in [-0.15, -0.1) is 12.4 Å². The minimum absolute atomic E-state index is 0. The number of likely N-dealkylation sites (N-methyl/N-ethyl adjacent to an activating group) is 1. The van der Waals surface area contributed by atoms with Gasteiger partial charge in [0, 0.05) is 13.6 Å². The van der Waals surface area contributed by atoms with Crippen LogP contribution in [-0.2, 0) is 11.3 Å². The standard InChI is InChI=1S/C15H18N2O.ClH/c1-11(16)15(18)17(2)10-13-8-5-7-12-6-3-4-9-14(12)13;/h3-9,11H,10,16H2,1-2H3;1H/t11-;/m0./s1. The van der Waals surface area contributed by atoms with Crippen molar-refractivity contribution in [3.63, 3.8) is 0 Å². The Hall–Kier alpha value is -1.58. The Morgan fingerprint density at radius 3 is 2.53 bits per heavy atom. The lowest BCUT2D eigenvalue weighted by Gasteiger charge is -2.20. The summed E-state index contributed by atoms with van der Waals surface area (Å²) in [6, 6.07) is 13.9. The average molecular weight is 279 g/mol. The van der Waals surface area contributed by atoms with Gasteiger partial charge in [0.15, 0.2) is 0 Å². The fraction of sp³-hybridized carbons (Fsp3) is 0.267. The lowest BCUT2D eigenvalue weighted by atomic mass is 10.0. The summed E-state index contributed by atoms with van der Waals surface area (Å²) in [6.45, 7) is 2.30. The molecule has 102 valence electrons. The zero-order valence-corrected chi connectivity index (χ0v) is 12.0. The second-order valence-electron chi connectivity index (χ2n) is 4.62. The van der Waals surface area contributed by atoms with E-state index < -0.39 is 6.04 Å². The van der Waals surface area contributed by atoms with Crippen molar-refractivity contribution in [3.05, 3.63) is 48.0 Å². The first-order valence-electron chi connectivity index (χ1n) is 6.07. The van der Waals surface area contributed by atoms with Gasteiger partial charge in [-0.25, -0.2) is 0 Å². The molecule has 0 saturated heterocycles. The topological polar surface area (TPSA) is 46.3 Å². The maximum Gasteiger partial charge on any atom is 0.239 e. The third kappa shape index (κ3) is 3.46. The molecule has 0 aliphatic rings. The molecule has 0 saturated carbocycles. The van der Waals surface area contributed by atoms with Crippen molar-refractivity contribution in [3.8, 4) is 0 Å². The predicted octanol–water partition coefficient (Wildman–Crippen LogP) is 2.57. The van der Waals surface area contributed by atoms with Crippen molar-refractivity contribution in [1.29, 1.82) is 0 Å². The van der Waals surface area contributed by atoms with E-state index in [1.165, 1.54) is 10.8 Å². The number of rotatable bonds is 3. The molecule has 0 aromatic heterocycles. The molecular weight excluding hydrogens is 260 g/mol. The van der Waals surface area contributed by atoms with E-state index in [-0.39, 0.29) is 18.3 Å². The van der Waals surface area contributed by atoms with Crippen LogP contribution in [0.3, 0.4) is 0 Å². The highest BCUT2D eigenvalue weighted by Gasteiger charge is 2.14. The molecule has 0 bridgehead atoms. The van der Waals surface area contributed by atoms with Crippen molar-refractivity contribution >= 4 is 29.1 Å². The first-order valence-corrected chi connectivity index (χ1v) is 6.07. The van der Waals surface area contributed by atoms with Crippen molar-refractivity contribution in [2.45, 2.75) is 19.5 Å². The summed E-state index contributed by atoms with van der Waals surface area (Å²) < 4.78 is 0. The van der Waals surface area contributed by atoms with Gasteiger partial charge in [-0.05, 0) is 23.3 Å². The summed E-state index contributed by atoms with van der Waals surface area (Å²) >= 11 is 0. The summed E-state index contributed by atoms with van der Waals surface area (Å²) in [6.07, 6.45) is 0. The third-order valence-electron chi connectivity index (χ3n) is 3.05. The van der Waals surface area contributed by atoms with E-state index in [1.54, 1.807) is 18.9 Å². The summed E-state index contributed by atoms with van der Waals surface area (Å²) in [5.41, 5.74) is 6.76. The molecule has 0 aliphatic carbocycles. The lowest BCUT2D eigenvalue weighted by Crippen LogP contribution is -2.39. The normalized spacial score (nSPS) is 11.7. The van der Waals surface area contributed by atoms with Gasteiger partial charge in [-0.2, -0.15) is 0 Å². The zero-order chi connectivity index (χ0) is 13.1. The fourth-order valence-electron chi connectivity index (χ4n) is 2.11. The molecule has 3 nitrogen and oxygen atoms in total. The zero-order valence-electron chi connectivity index (χ0n) is 11.2. The molecule has 4 heteroatoms. The summed E-state index contributed by atoms with van der Waals surface area (Å²) in [5.74, 6) is -0.0389. The van der Waals surface area contributed by atoms with E-state index in [4.69, 9.17) is 5.73 Å². The number of carbonyl (C=O) groups excluding carboxylic acids is 1. The molecule has 0 heterocycles. The van der Waals surface area contributed by atoms with Crippen LogP contribution in [-0.4, -0.2) is 23.9 Å². The molecule has 2 rings (SSSR count). The van der Waals surface area contributed by atoms with Crippen LogP contribution in [0.5, 0.6) is 0 Å². The van der Waals surface area contributed by atoms with E-state index in [0.717, 1.165) is 5.56 Å². The van der Waals surface area contributed by atoms with Crippen LogP contribution < -0.4 is 5.73 Å². The largest absolute Gasteiger partial charge is 0.340 e. The van der Waals surface area contributed by atoms with Crippen molar-refractivity contribution in [2.24, 2.45) is 5.73 Å². The van der Waals surface area contributed by atoms with Crippen LogP contribution in [0.25, 0.3) is 10.8 Å². The number of hydrogen-bond acceptors (Lipinski definition) is 2. The van der Waals surface area contributed by atoms with E-state index in [2.05, 4.69) is 18.2 Å². The molecular formula is C15H19ClN2O. The van der Waals surface area contributed by atoms with Gasteiger partial charge >= 0.3 is 0 Å². The third-order valence-corrected chi connectivity index (χ3v) is 3.05. The molecule has 2 aromatic carbocycles. The van der Waals surface area contributed by atoms with Crippen LogP contribution in [0.2, 0.25) is 0 Å². The molecule has 2 aromatic rings. The maximum atomic E-state index is 11.8. The maximum absolute atomic E-state index is 11.8. The highest BCUT2D eigenvalue weighted by molar-refractivity contribution is 5.86. The number of fused-ring (bicyclic) bond motifs is 1. The quantitative estimate of drug-likeness (QED) is 0.938. The monoisotopic (exact) mass is 278 g/mol. The number of carbonyl (C=O) groups is 1. The van der Waals surface area contributed by atoms with Gasteiger partial charge in [0.1, 0.15) is 0 Å². The molecule has 19 heavy (non-hydrogen) atoms. The SMILES string of the molecule is C[C@H](N)C(=O)N(C)Cc1cccc2ccccc12.Cl. The van der Waals surface area contributed by atoms with Gasteiger partial charge in [-0.3, -0.25) is 4.79 Å². The Balaban J connectivity index is 0.00000180. The first kappa shape index (κ1) is 15.5. The second kappa shape index (κ2) is 6.55. The first-order chi connectivity index (χ1) is 8.59.